The Balaban J connectivity index is 0.813. The maximum absolute atomic E-state index is 13.4. The third-order valence-electron chi connectivity index (χ3n) is 12.2. The van der Waals surface area contributed by atoms with Gasteiger partial charge in [-0.2, -0.15) is 0 Å². The molecule has 0 spiro atoms. The minimum Gasteiger partial charge on any atom is -0.507 e. The number of carbonyl (C=O) groups is 1. The molecule has 9 rings (SSSR count). The zero-order chi connectivity index (χ0) is 44.5. The number of nitrogens with zero attached hydrogens (tertiary/aromatic N) is 5. The number of piperidine rings is 1. The molecular weight excluding hydrogens is 844 g/mol. The second kappa shape index (κ2) is 18.3. The van der Waals surface area contributed by atoms with E-state index in [2.05, 4.69) is 51.0 Å². The molecule has 326 valence electrons. The van der Waals surface area contributed by atoms with Crippen molar-refractivity contribution in [2.24, 2.45) is 4.99 Å². The second-order valence-electron chi connectivity index (χ2n) is 16.2. The summed E-state index contributed by atoms with van der Waals surface area (Å²) in [6.07, 6.45) is 2.56. The molecular formula is C51H49ClN6O5S. The van der Waals surface area contributed by atoms with Gasteiger partial charge in [-0.3, -0.25) is 14.4 Å². The van der Waals surface area contributed by atoms with Crippen molar-refractivity contribution in [3.8, 4) is 50.3 Å². The van der Waals surface area contributed by atoms with E-state index in [1.165, 1.54) is 10.4 Å². The minimum absolute atomic E-state index is 0.0297. The topological polar surface area (TPSA) is 123 Å². The monoisotopic (exact) mass is 892 g/mol. The highest BCUT2D eigenvalue weighted by Gasteiger charge is 2.32. The SMILES string of the molecule is COc1cccc(-c2cc(C(=O)Nc3ccc(-c4ccc(OC5CCN(CC[C@@H]6N=C(c7ccc(Cl)cc7)c7c(sc(C)c7C)-n7c(C)nnc76)CC5)cc4O)cc3)ccc2OC)c1. The lowest BCUT2D eigenvalue weighted by Crippen LogP contribution is -2.39. The number of aromatic nitrogens is 3. The smallest absolute Gasteiger partial charge is 0.255 e. The molecule has 2 aliphatic rings. The molecule has 7 aromatic rings. The molecule has 1 saturated heterocycles. The lowest BCUT2D eigenvalue weighted by Gasteiger charge is -2.32. The van der Waals surface area contributed by atoms with Gasteiger partial charge in [-0.15, -0.1) is 21.5 Å². The zero-order valence-electron chi connectivity index (χ0n) is 36.4. The number of likely N-dealkylation sites (tertiary alicyclic amines) is 1. The molecule has 0 radical (unpaired) electrons. The van der Waals surface area contributed by atoms with Crippen molar-refractivity contribution in [1.29, 1.82) is 0 Å². The third-order valence-corrected chi connectivity index (χ3v) is 13.6. The van der Waals surface area contributed by atoms with Crippen LogP contribution in [0.3, 0.4) is 0 Å². The van der Waals surface area contributed by atoms with E-state index in [0.717, 1.165) is 89.1 Å². The number of aromatic hydroxyl groups is 1. The minimum atomic E-state index is -0.254. The summed E-state index contributed by atoms with van der Waals surface area (Å²) in [7, 11) is 3.23. The average molecular weight is 894 g/mol. The normalized spacial score (nSPS) is 15.2. The van der Waals surface area contributed by atoms with Crippen molar-refractivity contribution in [1.82, 2.24) is 19.7 Å². The highest BCUT2D eigenvalue weighted by molar-refractivity contribution is 7.15. The van der Waals surface area contributed by atoms with Crippen LogP contribution in [0, 0.1) is 20.8 Å². The summed E-state index contributed by atoms with van der Waals surface area (Å²) < 4.78 is 19.6. The van der Waals surface area contributed by atoms with E-state index >= 15 is 0 Å². The predicted octanol–water partition coefficient (Wildman–Crippen LogP) is 11.0. The van der Waals surface area contributed by atoms with Gasteiger partial charge in [0.15, 0.2) is 5.82 Å². The Morgan fingerprint density at radius 1 is 0.828 bits per heavy atom. The number of phenols is 1. The molecule has 5 aromatic carbocycles. The number of hydrogen-bond acceptors (Lipinski definition) is 10. The van der Waals surface area contributed by atoms with E-state index in [1.807, 2.05) is 85.8 Å². The van der Waals surface area contributed by atoms with Gasteiger partial charge in [0, 0.05) is 69.1 Å². The molecule has 4 heterocycles. The number of halogens is 1. The summed E-state index contributed by atoms with van der Waals surface area (Å²) in [5, 5.41) is 25.1. The molecule has 1 fully saturated rings. The van der Waals surface area contributed by atoms with Crippen LogP contribution in [0.5, 0.6) is 23.0 Å². The van der Waals surface area contributed by atoms with E-state index in [9.17, 15) is 9.90 Å². The van der Waals surface area contributed by atoms with Gasteiger partial charge in [0.2, 0.25) is 0 Å². The fourth-order valence-electron chi connectivity index (χ4n) is 8.57. The largest absolute Gasteiger partial charge is 0.507 e. The average Bonchev–Trinajstić information content (AvgIpc) is 3.79. The highest BCUT2D eigenvalue weighted by atomic mass is 35.5. The first-order valence-electron chi connectivity index (χ1n) is 21.4. The Kier molecular flexibility index (Phi) is 12.3. The maximum atomic E-state index is 13.4. The number of phenolic OH excluding ortho intramolecular Hbond substituents is 1. The van der Waals surface area contributed by atoms with E-state index in [0.29, 0.717) is 39.1 Å². The van der Waals surface area contributed by atoms with Gasteiger partial charge < -0.3 is 29.5 Å². The van der Waals surface area contributed by atoms with Crippen molar-refractivity contribution >= 4 is 40.2 Å². The Labute approximate surface area is 382 Å². The van der Waals surface area contributed by atoms with Crippen LogP contribution in [0.15, 0.2) is 114 Å². The molecule has 0 bridgehead atoms. The van der Waals surface area contributed by atoms with Crippen molar-refractivity contribution < 1.29 is 24.1 Å². The van der Waals surface area contributed by atoms with E-state index < -0.39 is 0 Å². The lowest BCUT2D eigenvalue weighted by molar-refractivity contribution is 0.0985. The van der Waals surface area contributed by atoms with E-state index in [-0.39, 0.29) is 23.8 Å². The van der Waals surface area contributed by atoms with Gasteiger partial charge in [-0.1, -0.05) is 48.0 Å². The van der Waals surface area contributed by atoms with Gasteiger partial charge in [0.25, 0.3) is 5.91 Å². The Bertz CT molecular complexity index is 2860. The molecule has 1 atom stereocenters. The number of aliphatic imine (C=N–C) groups is 1. The quantitative estimate of drug-likeness (QED) is 0.124. The van der Waals surface area contributed by atoms with Gasteiger partial charge >= 0.3 is 0 Å². The first-order valence-corrected chi connectivity index (χ1v) is 22.6. The summed E-state index contributed by atoms with van der Waals surface area (Å²) in [4.78, 5) is 22.5. The van der Waals surface area contributed by atoms with Crippen LogP contribution in [0.25, 0.3) is 27.3 Å². The molecule has 0 unspecified atom stereocenters. The second-order valence-corrected chi connectivity index (χ2v) is 17.8. The first kappa shape index (κ1) is 42.8. The van der Waals surface area contributed by atoms with Crippen molar-refractivity contribution in [2.45, 2.75) is 52.2 Å². The molecule has 2 aromatic heterocycles. The van der Waals surface area contributed by atoms with Crippen LogP contribution in [0.1, 0.15) is 68.9 Å². The molecule has 2 aliphatic heterocycles. The summed E-state index contributed by atoms with van der Waals surface area (Å²) in [6.45, 7) is 8.97. The van der Waals surface area contributed by atoms with Crippen LogP contribution >= 0.6 is 22.9 Å². The number of fused-ring (bicyclic) bond motifs is 3. The number of rotatable bonds is 12. The van der Waals surface area contributed by atoms with Gasteiger partial charge in [-0.05, 0) is 123 Å². The number of hydrogen-bond donors (Lipinski definition) is 2. The Hall–Kier alpha value is -6.47. The number of thiophene rings is 1. The molecule has 0 saturated carbocycles. The highest BCUT2D eigenvalue weighted by Crippen LogP contribution is 2.40. The molecule has 2 N–H and O–H groups in total. The summed E-state index contributed by atoms with van der Waals surface area (Å²) in [6, 6.07) is 33.6. The third kappa shape index (κ3) is 8.73. The zero-order valence-corrected chi connectivity index (χ0v) is 38.0. The fourth-order valence-corrected chi connectivity index (χ4v) is 9.91. The molecule has 11 nitrogen and oxygen atoms in total. The number of aryl methyl sites for hydroxylation is 2. The van der Waals surface area contributed by atoms with Crippen molar-refractivity contribution in [3.05, 3.63) is 153 Å². The maximum Gasteiger partial charge on any atom is 0.255 e. The van der Waals surface area contributed by atoms with Crippen LogP contribution in [0.2, 0.25) is 5.02 Å². The fraction of sp³-hybridized carbons (Fsp3) is 0.255. The number of benzene rings is 5. The van der Waals surface area contributed by atoms with Crippen LogP contribution < -0.4 is 19.5 Å². The van der Waals surface area contributed by atoms with Gasteiger partial charge in [-0.25, -0.2) is 0 Å². The summed E-state index contributed by atoms with van der Waals surface area (Å²) >= 11 is 8.07. The van der Waals surface area contributed by atoms with Crippen molar-refractivity contribution in [3.63, 3.8) is 0 Å². The lowest BCUT2D eigenvalue weighted by atomic mass is 9.99. The molecule has 13 heteroatoms. The van der Waals surface area contributed by atoms with Crippen LogP contribution in [-0.2, 0) is 0 Å². The van der Waals surface area contributed by atoms with Crippen LogP contribution in [0.4, 0.5) is 5.69 Å². The van der Waals surface area contributed by atoms with Gasteiger partial charge in [0.05, 0.1) is 19.9 Å². The van der Waals surface area contributed by atoms with E-state index in [1.54, 1.807) is 43.8 Å². The Morgan fingerprint density at radius 2 is 1.59 bits per heavy atom. The van der Waals surface area contributed by atoms with Crippen LogP contribution in [-0.4, -0.2) is 76.3 Å². The number of ether oxygens (including phenoxy) is 3. The predicted molar refractivity (Wildman–Crippen MR) is 254 cm³/mol. The molecule has 0 aliphatic carbocycles. The van der Waals surface area contributed by atoms with Gasteiger partial charge in [0.1, 0.15) is 46.0 Å². The summed E-state index contributed by atoms with van der Waals surface area (Å²) in [5.41, 5.74) is 8.62. The number of anilines is 1. The number of carbonyl (C=O) groups excluding carboxylic acids is 1. The summed E-state index contributed by atoms with van der Waals surface area (Å²) in [5.74, 6) is 3.60. The number of nitrogens with one attached hydrogen (secondary N) is 1. The number of methoxy groups -OCH3 is 2. The number of amides is 1. The standard InChI is InChI=1S/C51H49ClN6O5S/c1-30-31(2)64-51-47(30)48(34-9-14-37(52)15-10-34)54-44(49-56-55-32(3)58(49)51)23-26-57-24-21-39(22-25-57)63-41-18-19-42(45(59)29-41)33-11-16-38(17-12-33)53-50(60)36-13-20-46(62-5)43(28-36)35-7-6-8-40(27-35)61-4/h6-20,27-29,39,44,59H,21-26H2,1-5H3,(H,53,60)/t44-/m0/s1. The van der Waals surface area contributed by atoms with Crippen molar-refractivity contribution in [2.75, 3.05) is 39.2 Å². The van der Waals surface area contributed by atoms with E-state index in [4.69, 9.17) is 30.8 Å². The Morgan fingerprint density at radius 3 is 2.33 bits per heavy atom. The molecule has 1 amide bonds. The first-order chi connectivity index (χ1) is 31.1. The molecule has 64 heavy (non-hydrogen) atoms.